The Morgan fingerprint density at radius 2 is 2.13 bits per heavy atom. The lowest BCUT2D eigenvalue weighted by Crippen LogP contribution is -1.96. The molecular formula is C11H10ClFO2. The third kappa shape index (κ3) is 2.80. The lowest BCUT2D eigenvalue weighted by Gasteiger charge is -2.02. The summed E-state index contributed by atoms with van der Waals surface area (Å²) in [7, 11) is 0. The number of hydrogen-bond donors (Lipinski definition) is 1. The molecule has 1 rings (SSSR count). The molecule has 0 aliphatic carbocycles. The minimum atomic E-state index is -1.05. The molecule has 4 heteroatoms. The first-order valence-electron chi connectivity index (χ1n) is 4.29. The molecule has 1 aromatic rings. The topological polar surface area (TPSA) is 37.3 Å². The van der Waals surface area contributed by atoms with Crippen LogP contribution in [0.2, 0.25) is 5.02 Å². The third-order valence-corrected chi connectivity index (χ3v) is 2.31. The summed E-state index contributed by atoms with van der Waals surface area (Å²) in [6.45, 7) is 3.02. The number of aryl methyl sites for hydroxylation is 1. The van der Waals surface area contributed by atoms with Crippen molar-refractivity contribution in [1.82, 2.24) is 0 Å². The van der Waals surface area contributed by atoms with Crippen molar-refractivity contribution in [2.75, 3.05) is 0 Å². The Morgan fingerprint density at radius 1 is 1.53 bits per heavy atom. The number of hydrogen-bond acceptors (Lipinski definition) is 1. The first-order chi connectivity index (χ1) is 6.91. The van der Waals surface area contributed by atoms with Crippen molar-refractivity contribution in [3.63, 3.8) is 0 Å². The predicted molar refractivity (Wildman–Crippen MR) is 57.4 cm³/mol. The summed E-state index contributed by atoms with van der Waals surface area (Å²) in [6, 6.07) is 2.70. The number of benzene rings is 1. The van der Waals surface area contributed by atoms with Crippen molar-refractivity contribution in [1.29, 1.82) is 0 Å². The van der Waals surface area contributed by atoms with Crippen LogP contribution in [0.1, 0.15) is 18.1 Å². The average Bonchev–Trinajstić information content (AvgIpc) is 2.13. The molecule has 0 amide bonds. The van der Waals surface area contributed by atoms with Gasteiger partial charge in [-0.15, -0.1) is 0 Å². The molecule has 1 N–H and O–H groups in total. The quantitative estimate of drug-likeness (QED) is 0.789. The van der Waals surface area contributed by atoms with E-state index in [0.717, 1.165) is 0 Å². The van der Waals surface area contributed by atoms with E-state index in [1.165, 1.54) is 25.1 Å². The van der Waals surface area contributed by atoms with Crippen molar-refractivity contribution in [2.24, 2.45) is 0 Å². The van der Waals surface area contributed by atoms with E-state index in [0.29, 0.717) is 16.1 Å². The van der Waals surface area contributed by atoms with Gasteiger partial charge in [0.2, 0.25) is 0 Å². The standard InChI is InChI=1S/C11H10ClFO2/c1-6-4-9(12)8(5-10(6)13)3-7(2)11(14)15/h3-5H,1-2H3,(H,14,15)/b7-3+. The molecule has 0 aromatic heterocycles. The number of aliphatic carboxylic acids is 1. The van der Waals surface area contributed by atoms with Crippen LogP contribution in [0, 0.1) is 12.7 Å². The number of halogens is 2. The summed E-state index contributed by atoms with van der Waals surface area (Å²) in [4.78, 5) is 10.6. The normalized spacial score (nSPS) is 11.6. The highest BCUT2D eigenvalue weighted by Gasteiger charge is 2.06. The monoisotopic (exact) mass is 228 g/mol. The average molecular weight is 229 g/mol. The molecule has 1 aromatic carbocycles. The summed E-state index contributed by atoms with van der Waals surface area (Å²) in [6.07, 6.45) is 1.34. The highest BCUT2D eigenvalue weighted by atomic mass is 35.5. The van der Waals surface area contributed by atoms with E-state index in [-0.39, 0.29) is 5.57 Å². The molecule has 0 aliphatic heterocycles. The summed E-state index contributed by atoms with van der Waals surface area (Å²) in [5.41, 5.74) is 0.921. The Bertz CT molecular complexity index is 438. The zero-order valence-corrected chi connectivity index (χ0v) is 9.10. The zero-order chi connectivity index (χ0) is 11.6. The Morgan fingerprint density at radius 3 is 2.67 bits per heavy atom. The van der Waals surface area contributed by atoms with Gasteiger partial charge in [-0.25, -0.2) is 9.18 Å². The highest BCUT2D eigenvalue weighted by Crippen LogP contribution is 2.22. The van der Waals surface area contributed by atoms with E-state index < -0.39 is 11.8 Å². The van der Waals surface area contributed by atoms with E-state index in [1.54, 1.807) is 6.92 Å². The Hall–Kier alpha value is -1.35. The first-order valence-corrected chi connectivity index (χ1v) is 4.67. The molecule has 0 saturated heterocycles. The fourth-order valence-corrected chi connectivity index (χ4v) is 1.34. The molecule has 0 atom stereocenters. The lowest BCUT2D eigenvalue weighted by atomic mass is 10.1. The fourth-order valence-electron chi connectivity index (χ4n) is 1.07. The van der Waals surface area contributed by atoms with E-state index in [9.17, 15) is 9.18 Å². The maximum atomic E-state index is 13.2. The Labute approximate surface area is 92.0 Å². The van der Waals surface area contributed by atoms with Crippen LogP contribution in [-0.4, -0.2) is 11.1 Å². The van der Waals surface area contributed by atoms with Gasteiger partial charge < -0.3 is 5.11 Å². The van der Waals surface area contributed by atoms with Crippen LogP contribution in [0.25, 0.3) is 6.08 Å². The molecule has 0 heterocycles. The van der Waals surface area contributed by atoms with Crippen molar-refractivity contribution >= 4 is 23.6 Å². The Kier molecular flexibility index (Phi) is 3.48. The van der Waals surface area contributed by atoms with Gasteiger partial charge in [0.25, 0.3) is 0 Å². The van der Waals surface area contributed by atoms with Crippen LogP contribution in [0.3, 0.4) is 0 Å². The number of rotatable bonds is 2. The maximum absolute atomic E-state index is 13.2. The second-order valence-corrected chi connectivity index (χ2v) is 3.66. The first kappa shape index (κ1) is 11.7. The second-order valence-electron chi connectivity index (χ2n) is 3.26. The molecule has 0 saturated carbocycles. The summed E-state index contributed by atoms with van der Waals surface area (Å²) < 4.78 is 13.2. The van der Waals surface area contributed by atoms with Gasteiger partial charge in [0.15, 0.2) is 0 Å². The molecule has 0 fully saturated rings. The molecule has 2 nitrogen and oxygen atoms in total. The van der Waals surface area contributed by atoms with E-state index >= 15 is 0 Å². The summed E-state index contributed by atoms with van der Waals surface area (Å²) >= 11 is 5.85. The maximum Gasteiger partial charge on any atom is 0.331 e. The summed E-state index contributed by atoms with van der Waals surface area (Å²) in [5.74, 6) is -1.45. The smallest absolute Gasteiger partial charge is 0.331 e. The van der Waals surface area contributed by atoms with Crippen LogP contribution in [0.5, 0.6) is 0 Å². The van der Waals surface area contributed by atoms with Gasteiger partial charge in [0.1, 0.15) is 5.82 Å². The SMILES string of the molecule is C/C(=C\c1cc(F)c(C)cc1Cl)C(=O)O. The number of carboxylic acid groups (broad SMARTS) is 1. The van der Waals surface area contributed by atoms with Crippen LogP contribution in [0.15, 0.2) is 17.7 Å². The van der Waals surface area contributed by atoms with Gasteiger partial charge in [-0.2, -0.15) is 0 Å². The lowest BCUT2D eigenvalue weighted by molar-refractivity contribution is -0.132. The van der Waals surface area contributed by atoms with Gasteiger partial charge in [-0.3, -0.25) is 0 Å². The molecule has 80 valence electrons. The molecule has 0 radical (unpaired) electrons. The minimum absolute atomic E-state index is 0.111. The number of carboxylic acids is 1. The van der Waals surface area contributed by atoms with Crippen molar-refractivity contribution < 1.29 is 14.3 Å². The van der Waals surface area contributed by atoms with Gasteiger partial charge in [0, 0.05) is 10.6 Å². The van der Waals surface area contributed by atoms with Crippen LogP contribution >= 0.6 is 11.6 Å². The minimum Gasteiger partial charge on any atom is -0.478 e. The zero-order valence-electron chi connectivity index (χ0n) is 8.34. The van der Waals surface area contributed by atoms with Gasteiger partial charge >= 0.3 is 5.97 Å². The molecule has 0 spiro atoms. The van der Waals surface area contributed by atoms with Crippen molar-refractivity contribution in [3.8, 4) is 0 Å². The molecule has 15 heavy (non-hydrogen) atoms. The molecule has 0 unspecified atom stereocenters. The largest absolute Gasteiger partial charge is 0.478 e. The predicted octanol–water partition coefficient (Wildman–Crippen LogP) is 3.28. The fraction of sp³-hybridized carbons (Fsp3) is 0.182. The van der Waals surface area contributed by atoms with Gasteiger partial charge in [0.05, 0.1) is 0 Å². The van der Waals surface area contributed by atoms with E-state index in [2.05, 4.69) is 0 Å². The van der Waals surface area contributed by atoms with Crippen LogP contribution in [0.4, 0.5) is 4.39 Å². The van der Waals surface area contributed by atoms with Crippen LogP contribution < -0.4 is 0 Å². The van der Waals surface area contributed by atoms with Gasteiger partial charge in [-0.05, 0) is 43.2 Å². The molecular weight excluding hydrogens is 219 g/mol. The molecule has 0 aliphatic rings. The van der Waals surface area contributed by atoms with Gasteiger partial charge in [-0.1, -0.05) is 11.6 Å². The van der Waals surface area contributed by atoms with E-state index in [4.69, 9.17) is 16.7 Å². The Balaban J connectivity index is 3.22. The summed E-state index contributed by atoms with van der Waals surface area (Å²) in [5, 5.41) is 9.00. The van der Waals surface area contributed by atoms with Crippen LogP contribution in [-0.2, 0) is 4.79 Å². The van der Waals surface area contributed by atoms with Crippen molar-refractivity contribution in [3.05, 3.63) is 39.7 Å². The highest BCUT2D eigenvalue weighted by molar-refractivity contribution is 6.32. The van der Waals surface area contributed by atoms with E-state index in [1.807, 2.05) is 0 Å². The third-order valence-electron chi connectivity index (χ3n) is 1.99. The molecule has 0 bridgehead atoms. The number of carbonyl (C=O) groups is 1. The second kappa shape index (κ2) is 4.45. The van der Waals surface area contributed by atoms with Crippen molar-refractivity contribution in [2.45, 2.75) is 13.8 Å².